The summed E-state index contributed by atoms with van der Waals surface area (Å²) in [5.41, 5.74) is 16.5. The van der Waals surface area contributed by atoms with E-state index in [0.717, 1.165) is 53.9 Å². The molecule has 0 unspecified atom stereocenters. The monoisotopic (exact) mass is 912 g/mol. The molecule has 4 nitrogen and oxygen atoms in total. The van der Waals surface area contributed by atoms with E-state index in [2.05, 4.69) is 116 Å². The van der Waals surface area contributed by atoms with Crippen molar-refractivity contribution in [3.8, 4) is 33.4 Å². The van der Waals surface area contributed by atoms with Crippen molar-refractivity contribution in [3.05, 3.63) is 194 Å². The molecule has 0 amide bonds. The van der Waals surface area contributed by atoms with E-state index in [9.17, 15) is 10.0 Å². The second-order valence-corrected chi connectivity index (χ2v) is 18.8. The first kappa shape index (κ1) is 40.5. The van der Waals surface area contributed by atoms with Crippen molar-refractivity contribution in [2.75, 3.05) is 0 Å². The summed E-state index contributed by atoms with van der Waals surface area (Å²) in [6.07, 6.45) is 0. The van der Waals surface area contributed by atoms with Crippen LogP contribution in [0.15, 0.2) is 171 Å². The van der Waals surface area contributed by atoms with Crippen molar-refractivity contribution in [3.63, 3.8) is 0 Å². The van der Waals surface area contributed by atoms with Gasteiger partial charge in [0.15, 0.2) is 11.2 Å². The third kappa shape index (κ3) is 6.68. The Morgan fingerprint density at radius 3 is 1.50 bits per heavy atom. The first-order chi connectivity index (χ1) is 29.8. The molecule has 0 spiro atoms. The van der Waals surface area contributed by atoms with Gasteiger partial charge in [0.05, 0.1) is 10.0 Å². The number of benzene rings is 8. The first-order valence-electron chi connectivity index (χ1n) is 20.5. The minimum absolute atomic E-state index is 0.00189. The van der Waals surface area contributed by atoms with Crippen LogP contribution in [-0.4, -0.2) is 17.2 Å². The number of hydrogen-bond acceptors (Lipinski definition) is 4. The Morgan fingerprint density at radius 2 is 0.919 bits per heavy atom. The highest BCUT2D eigenvalue weighted by molar-refractivity contribution is 9.10. The Hall–Kier alpha value is -5.60. The average molecular weight is 915 g/mol. The van der Waals surface area contributed by atoms with Gasteiger partial charge in [-0.25, -0.2) is 0 Å². The largest absolute Gasteiger partial charge is 0.488 e. The lowest BCUT2D eigenvalue weighted by Gasteiger charge is -2.22. The molecule has 10 aromatic rings. The predicted octanol–water partition coefficient (Wildman–Crippen LogP) is 14.9. The second kappa shape index (κ2) is 15.3. The van der Waals surface area contributed by atoms with Crippen LogP contribution < -0.4 is 5.46 Å². The predicted molar refractivity (Wildman–Crippen MR) is 262 cm³/mol. The topological polar surface area (TPSA) is 66.7 Å². The average Bonchev–Trinajstić information content (AvgIpc) is 3.97. The molecule has 12 rings (SSSR count). The summed E-state index contributed by atoms with van der Waals surface area (Å²) >= 11 is 15.8. The van der Waals surface area contributed by atoms with Gasteiger partial charge in [-0.3, -0.25) is 0 Å². The summed E-state index contributed by atoms with van der Waals surface area (Å²) in [5, 5.41) is 24.2. The zero-order chi connectivity index (χ0) is 43.1. The van der Waals surface area contributed by atoms with E-state index >= 15 is 0 Å². The molecular weight excluding hydrogens is 874 g/mol. The molecule has 0 saturated carbocycles. The normalized spacial score (nSPS) is 13.8. The molecule has 0 saturated heterocycles. The summed E-state index contributed by atoms with van der Waals surface area (Å²) < 4.78 is 12.7. The molecule has 8 aromatic carbocycles. The van der Waals surface area contributed by atoms with E-state index in [0.29, 0.717) is 15.5 Å². The van der Waals surface area contributed by atoms with Crippen molar-refractivity contribution < 1.29 is 18.9 Å². The van der Waals surface area contributed by atoms with E-state index in [-0.39, 0.29) is 10.8 Å². The summed E-state index contributed by atoms with van der Waals surface area (Å²) in [6, 6.07) is 53.6. The maximum Gasteiger partial charge on any atom is 0.488 e. The van der Waals surface area contributed by atoms with Crippen LogP contribution in [-0.2, 0) is 10.8 Å². The van der Waals surface area contributed by atoms with E-state index in [1.807, 2.05) is 78.9 Å². The van der Waals surface area contributed by atoms with Crippen molar-refractivity contribution >= 4 is 95.6 Å². The highest BCUT2D eigenvalue weighted by atomic mass is 79.9. The van der Waals surface area contributed by atoms with E-state index in [1.165, 1.54) is 50.1 Å². The second-order valence-electron chi connectivity index (χ2n) is 17.1. The van der Waals surface area contributed by atoms with Crippen LogP contribution in [0.5, 0.6) is 0 Å². The molecule has 2 aromatic heterocycles. The molecule has 2 heterocycles. The van der Waals surface area contributed by atoms with Gasteiger partial charge in [-0.1, -0.05) is 176 Å². The van der Waals surface area contributed by atoms with Crippen LogP contribution >= 0.6 is 39.1 Å². The van der Waals surface area contributed by atoms with Crippen LogP contribution in [0, 0.1) is 0 Å². The number of hydrogen-bond donors (Lipinski definition) is 2. The fraction of sp³-hybridized carbons (Fsp3) is 0.111. The van der Waals surface area contributed by atoms with Crippen molar-refractivity contribution in [2.24, 2.45) is 0 Å². The van der Waals surface area contributed by atoms with Gasteiger partial charge in [-0.2, -0.15) is 0 Å². The standard InChI is InChI=1S/C27H19ClO.C15H15BO2.C12H6BrClO/c1-27(2)22-8-4-3-6-18(22)19-12-10-17(15-23(19)27)16-11-13-25-21(14-16)20-7-5-9-24(28)26(20)29-25;1-15(2)13-6-4-3-5-11(13)12-8-7-10(16(17)18)9-14(12)15;13-7-4-5-11-9(6-7)8-2-1-3-10(14)12(8)15-11/h3-15H,1-2H3;3-9,17-18H,1-2H3;1-6H. The summed E-state index contributed by atoms with van der Waals surface area (Å²) in [4.78, 5) is 0. The fourth-order valence-electron chi connectivity index (χ4n) is 9.45. The third-order valence-electron chi connectivity index (χ3n) is 12.7. The molecule has 8 heteroatoms. The highest BCUT2D eigenvalue weighted by Gasteiger charge is 2.36. The Labute approximate surface area is 378 Å². The van der Waals surface area contributed by atoms with Crippen LogP contribution in [0.25, 0.3) is 77.3 Å². The van der Waals surface area contributed by atoms with Gasteiger partial charge in [0.2, 0.25) is 0 Å². The quantitative estimate of drug-likeness (QED) is 0.170. The van der Waals surface area contributed by atoms with E-state index < -0.39 is 7.12 Å². The third-order valence-corrected chi connectivity index (χ3v) is 13.8. The van der Waals surface area contributed by atoms with Gasteiger partial charge in [-0.05, 0) is 110 Å². The van der Waals surface area contributed by atoms with Crippen molar-refractivity contribution in [1.82, 2.24) is 0 Å². The van der Waals surface area contributed by atoms with Gasteiger partial charge in [-0.15, -0.1) is 0 Å². The maximum absolute atomic E-state index is 9.30. The van der Waals surface area contributed by atoms with Crippen LogP contribution in [0.3, 0.4) is 0 Å². The lowest BCUT2D eigenvalue weighted by atomic mass is 9.75. The lowest BCUT2D eigenvalue weighted by Crippen LogP contribution is -2.31. The number of halogens is 3. The zero-order valence-corrected chi connectivity index (χ0v) is 37.5. The Kier molecular flexibility index (Phi) is 10.0. The molecule has 2 N–H and O–H groups in total. The van der Waals surface area contributed by atoms with Gasteiger partial charge >= 0.3 is 7.12 Å². The molecular formula is C54H40BBrCl2O4. The Morgan fingerprint density at radius 1 is 0.452 bits per heavy atom. The fourth-order valence-corrected chi connectivity index (χ4v) is 10.2. The number of para-hydroxylation sites is 2. The number of furan rings is 2. The minimum Gasteiger partial charge on any atom is -0.454 e. The molecule has 62 heavy (non-hydrogen) atoms. The lowest BCUT2D eigenvalue weighted by molar-refractivity contribution is 0.425. The van der Waals surface area contributed by atoms with Crippen molar-refractivity contribution in [1.29, 1.82) is 0 Å². The molecule has 2 aliphatic rings. The van der Waals surface area contributed by atoms with Crippen molar-refractivity contribution in [2.45, 2.75) is 38.5 Å². The Bertz CT molecular complexity index is 3400. The molecule has 0 bridgehead atoms. The molecule has 0 fully saturated rings. The van der Waals surface area contributed by atoms with E-state index in [1.54, 1.807) is 6.07 Å². The Balaban J connectivity index is 0.000000119. The molecule has 0 radical (unpaired) electrons. The minimum atomic E-state index is -1.41. The number of fused-ring (bicyclic) bond motifs is 12. The summed E-state index contributed by atoms with van der Waals surface area (Å²) in [6.45, 7) is 8.98. The molecule has 2 aliphatic carbocycles. The first-order valence-corrected chi connectivity index (χ1v) is 22.1. The summed E-state index contributed by atoms with van der Waals surface area (Å²) in [5.74, 6) is 0. The highest BCUT2D eigenvalue weighted by Crippen LogP contribution is 2.50. The van der Waals surface area contributed by atoms with Crippen LogP contribution in [0.1, 0.15) is 49.9 Å². The number of rotatable bonds is 2. The zero-order valence-electron chi connectivity index (χ0n) is 34.4. The SMILES string of the molecule is CC1(C)c2ccccc2-c2ccc(-c3ccc4oc5c(Cl)cccc5c4c3)cc21.CC1(C)c2ccccc2-c2ccc(B(O)O)cc21.Clc1cccc2c1oc1ccc(Br)cc12. The van der Waals surface area contributed by atoms with Gasteiger partial charge in [0, 0.05) is 36.8 Å². The van der Waals surface area contributed by atoms with Crippen LogP contribution in [0.2, 0.25) is 10.0 Å². The molecule has 0 atom stereocenters. The molecule has 0 aliphatic heterocycles. The van der Waals surface area contributed by atoms with Crippen LogP contribution in [0.4, 0.5) is 0 Å². The van der Waals surface area contributed by atoms with Gasteiger partial charge in [0.1, 0.15) is 11.2 Å². The van der Waals surface area contributed by atoms with Gasteiger partial charge < -0.3 is 18.9 Å². The van der Waals surface area contributed by atoms with Gasteiger partial charge in [0.25, 0.3) is 0 Å². The maximum atomic E-state index is 9.30. The molecule has 304 valence electrons. The summed E-state index contributed by atoms with van der Waals surface area (Å²) in [7, 11) is -1.41. The smallest absolute Gasteiger partial charge is 0.454 e. The van der Waals surface area contributed by atoms with E-state index in [4.69, 9.17) is 32.0 Å².